The molecule has 0 N–H and O–H groups in total. The Bertz CT molecular complexity index is 307. The molecule has 2 unspecified atom stereocenters. The van der Waals surface area contributed by atoms with Gasteiger partial charge in [0, 0.05) is 0 Å². The number of hydrogen-bond acceptors (Lipinski definition) is 2. The molecule has 0 amide bonds. The summed E-state index contributed by atoms with van der Waals surface area (Å²) in [5, 5.41) is 0. The SMILES string of the molecule is O=S(Cl)c1ccccc1S(=O)Cl. The Morgan fingerprint density at radius 3 is 1.50 bits per heavy atom. The van der Waals surface area contributed by atoms with E-state index in [1.165, 1.54) is 12.1 Å². The van der Waals surface area contributed by atoms with Gasteiger partial charge >= 0.3 is 0 Å². The highest BCUT2D eigenvalue weighted by Crippen LogP contribution is 2.20. The fourth-order valence-electron chi connectivity index (χ4n) is 0.715. The molecule has 0 aliphatic rings. The smallest absolute Gasteiger partial charge is 0.148 e. The topological polar surface area (TPSA) is 34.1 Å². The summed E-state index contributed by atoms with van der Waals surface area (Å²) in [5.74, 6) is 0. The van der Waals surface area contributed by atoms with Gasteiger partial charge in [-0.05, 0) is 33.5 Å². The monoisotopic (exact) mass is 242 g/mol. The molecule has 0 bridgehead atoms. The molecule has 1 aromatic rings. The molecule has 2 atom stereocenters. The van der Waals surface area contributed by atoms with E-state index in [9.17, 15) is 8.42 Å². The predicted octanol–water partition coefficient (Wildman–Crippen LogP) is 2.21. The van der Waals surface area contributed by atoms with Crippen LogP contribution in [0.4, 0.5) is 0 Å². The third kappa shape index (κ3) is 2.29. The van der Waals surface area contributed by atoms with E-state index in [1.807, 2.05) is 0 Å². The summed E-state index contributed by atoms with van der Waals surface area (Å²) in [7, 11) is 7.33. The van der Waals surface area contributed by atoms with Crippen LogP contribution in [0, 0.1) is 0 Å². The summed E-state index contributed by atoms with van der Waals surface area (Å²) in [6.07, 6.45) is 0. The van der Waals surface area contributed by atoms with Crippen LogP contribution >= 0.6 is 21.4 Å². The normalized spacial score (nSPS) is 15.5. The molecule has 0 aromatic heterocycles. The van der Waals surface area contributed by atoms with Gasteiger partial charge in [-0.1, -0.05) is 12.1 Å². The van der Waals surface area contributed by atoms with E-state index in [-0.39, 0.29) is 0 Å². The van der Waals surface area contributed by atoms with Crippen LogP contribution in [0.25, 0.3) is 0 Å². The van der Waals surface area contributed by atoms with Crippen LogP contribution in [0.3, 0.4) is 0 Å². The van der Waals surface area contributed by atoms with Crippen molar-refractivity contribution < 1.29 is 8.42 Å². The third-order valence-electron chi connectivity index (χ3n) is 1.19. The minimum absolute atomic E-state index is 0.299. The molecule has 0 saturated carbocycles. The summed E-state index contributed by atoms with van der Waals surface area (Å²) < 4.78 is 21.7. The molecule has 0 heterocycles. The second-order valence-corrected chi connectivity index (χ2v) is 5.35. The largest absolute Gasteiger partial charge is 0.237 e. The zero-order valence-electron chi connectivity index (χ0n) is 5.70. The van der Waals surface area contributed by atoms with E-state index in [4.69, 9.17) is 21.4 Å². The van der Waals surface area contributed by atoms with Crippen molar-refractivity contribution in [3.05, 3.63) is 24.3 Å². The molecule has 0 aliphatic heterocycles. The van der Waals surface area contributed by atoms with Crippen LogP contribution in [0.5, 0.6) is 0 Å². The lowest BCUT2D eigenvalue weighted by Crippen LogP contribution is -1.90. The van der Waals surface area contributed by atoms with Gasteiger partial charge in [-0.15, -0.1) is 0 Å². The molecule has 0 aliphatic carbocycles. The molecule has 1 aromatic carbocycles. The average Bonchev–Trinajstić information content (AvgIpc) is 2.04. The quantitative estimate of drug-likeness (QED) is 0.746. The molecule has 0 fully saturated rings. The van der Waals surface area contributed by atoms with Crippen LogP contribution in [-0.4, -0.2) is 8.42 Å². The van der Waals surface area contributed by atoms with Crippen molar-refractivity contribution in [1.29, 1.82) is 0 Å². The summed E-state index contributed by atoms with van der Waals surface area (Å²) in [6, 6.07) is 6.36. The predicted molar refractivity (Wildman–Crippen MR) is 51.0 cm³/mol. The Balaban J connectivity index is 3.27. The van der Waals surface area contributed by atoms with Crippen molar-refractivity contribution in [3.8, 4) is 0 Å². The van der Waals surface area contributed by atoms with Crippen LogP contribution in [0.1, 0.15) is 0 Å². The number of halogens is 2. The van der Waals surface area contributed by atoms with Gasteiger partial charge in [-0.25, -0.2) is 8.42 Å². The van der Waals surface area contributed by atoms with Gasteiger partial charge in [-0.2, -0.15) is 0 Å². The Morgan fingerprint density at radius 1 is 0.917 bits per heavy atom. The highest BCUT2D eigenvalue weighted by molar-refractivity contribution is 8.10. The number of benzene rings is 1. The van der Waals surface area contributed by atoms with Crippen molar-refractivity contribution in [2.45, 2.75) is 9.79 Å². The van der Waals surface area contributed by atoms with E-state index in [2.05, 4.69) is 0 Å². The van der Waals surface area contributed by atoms with Gasteiger partial charge in [0.05, 0.1) is 9.79 Å². The molecular weight excluding hydrogens is 239 g/mol. The zero-order chi connectivity index (χ0) is 9.14. The summed E-state index contributed by atoms with van der Waals surface area (Å²) in [6.45, 7) is 0. The lowest BCUT2D eigenvalue weighted by Gasteiger charge is -1.98. The fourth-order valence-corrected chi connectivity index (χ4v) is 3.07. The minimum atomic E-state index is -1.67. The molecule has 0 radical (unpaired) electrons. The maximum atomic E-state index is 10.9. The van der Waals surface area contributed by atoms with Crippen molar-refractivity contribution in [2.24, 2.45) is 0 Å². The average molecular weight is 243 g/mol. The van der Waals surface area contributed by atoms with Gasteiger partial charge in [0.25, 0.3) is 0 Å². The van der Waals surface area contributed by atoms with Crippen molar-refractivity contribution in [3.63, 3.8) is 0 Å². The van der Waals surface area contributed by atoms with E-state index in [1.54, 1.807) is 12.1 Å². The minimum Gasteiger partial charge on any atom is -0.237 e. The Kier molecular flexibility index (Phi) is 3.71. The van der Waals surface area contributed by atoms with Gasteiger partial charge in [0.1, 0.15) is 20.0 Å². The highest BCUT2D eigenvalue weighted by Gasteiger charge is 2.10. The van der Waals surface area contributed by atoms with E-state index >= 15 is 0 Å². The van der Waals surface area contributed by atoms with Crippen molar-refractivity contribution >= 4 is 41.4 Å². The standard InChI is InChI=1S/C6H4Cl2O2S2/c7-11(9)5-3-1-2-4-6(5)12(8)10/h1-4H. The van der Waals surface area contributed by atoms with Crippen molar-refractivity contribution in [2.75, 3.05) is 0 Å². The summed E-state index contributed by atoms with van der Waals surface area (Å²) >= 11 is 0. The van der Waals surface area contributed by atoms with Gasteiger partial charge in [0.15, 0.2) is 0 Å². The summed E-state index contributed by atoms with van der Waals surface area (Å²) in [4.78, 5) is 0.597. The third-order valence-corrected chi connectivity index (χ3v) is 3.73. The van der Waals surface area contributed by atoms with Crippen LogP contribution in [0.2, 0.25) is 0 Å². The first-order valence-corrected chi connectivity index (χ1v) is 6.83. The second-order valence-electron chi connectivity index (χ2n) is 1.89. The first kappa shape index (κ1) is 10.2. The molecule has 6 heteroatoms. The molecule has 0 saturated heterocycles. The van der Waals surface area contributed by atoms with Gasteiger partial charge in [-0.3, -0.25) is 0 Å². The lowest BCUT2D eigenvalue weighted by atomic mass is 10.4. The van der Waals surface area contributed by atoms with Gasteiger partial charge in [0.2, 0.25) is 0 Å². The van der Waals surface area contributed by atoms with Crippen molar-refractivity contribution in [1.82, 2.24) is 0 Å². The summed E-state index contributed by atoms with van der Waals surface area (Å²) in [5.41, 5.74) is 0. The molecule has 66 valence electrons. The second kappa shape index (κ2) is 4.37. The van der Waals surface area contributed by atoms with Crippen LogP contribution < -0.4 is 0 Å². The lowest BCUT2D eigenvalue weighted by molar-refractivity contribution is 0.683. The molecule has 2 nitrogen and oxygen atoms in total. The van der Waals surface area contributed by atoms with Gasteiger partial charge < -0.3 is 0 Å². The maximum Gasteiger partial charge on any atom is 0.148 e. The first-order chi connectivity index (χ1) is 5.63. The number of hydrogen-bond donors (Lipinski definition) is 0. The van der Waals surface area contributed by atoms with Crippen LogP contribution in [-0.2, 0) is 20.0 Å². The molecule has 0 spiro atoms. The zero-order valence-corrected chi connectivity index (χ0v) is 8.84. The molecule has 1 rings (SSSR count). The Hall–Kier alpha value is 0.1000. The first-order valence-electron chi connectivity index (χ1n) is 2.88. The highest BCUT2D eigenvalue weighted by atomic mass is 35.7. The Labute approximate surface area is 83.8 Å². The van der Waals surface area contributed by atoms with E-state index in [0.29, 0.717) is 9.79 Å². The molecule has 12 heavy (non-hydrogen) atoms. The van der Waals surface area contributed by atoms with E-state index < -0.39 is 20.0 Å². The van der Waals surface area contributed by atoms with Crippen LogP contribution in [0.15, 0.2) is 34.1 Å². The Morgan fingerprint density at radius 2 is 1.25 bits per heavy atom. The molecular formula is C6H4Cl2O2S2. The fraction of sp³-hybridized carbons (Fsp3) is 0. The van der Waals surface area contributed by atoms with E-state index in [0.717, 1.165) is 0 Å². The maximum absolute atomic E-state index is 10.9. The number of rotatable bonds is 2.